The molecule has 4 nitrogen and oxygen atoms in total. The molecule has 14 heavy (non-hydrogen) atoms. The quantitative estimate of drug-likeness (QED) is 0.422. The van der Waals surface area contributed by atoms with Gasteiger partial charge in [-0.3, -0.25) is 16.0 Å². The van der Waals surface area contributed by atoms with Crippen molar-refractivity contribution in [2.45, 2.75) is 32.9 Å². The molecule has 1 atom stereocenters. The molecular weight excluding hydrogens is 176 g/mol. The molecule has 0 bridgehead atoms. The molecule has 0 fully saturated rings. The molecular formula is C10H18N4. The third-order valence-electron chi connectivity index (χ3n) is 2.19. The topological polar surface area (TPSA) is 55.9 Å². The fourth-order valence-corrected chi connectivity index (χ4v) is 1.54. The predicted octanol–water partition coefficient (Wildman–Crippen LogP) is 1.29. The van der Waals surface area contributed by atoms with Gasteiger partial charge in [-0.25, -0.2) is 0 Å². The summed E-state index contributed by atoms with van der Waals surface area (Å²) in [5.41, 5.74) is 4.91. The monoisotopic (exact) mass is 194 g/mol. The Bertz CT molecular complexity index is 303. The second-order valence-corrected chi connectivity index (χ2v) is 3.27. The molecule has 3 N–H and O–H groups in total. The van der Waals surface area contributed by atoms with Crippen LogP contribution in [0.15, 0.2) is 18.7 Å². The molecule has 0 saturated carbocycles. The van der Waals surface area contributed by atoms with Crippen molar-refractivity contribution in [1.82, 2.24) is 15.2 Å². The minimum Gasteiger partial charge on any atom is -0.271 e. The van der Waals surface area contributed by atoms with E-state index in [1.165, 1.54) is 0 Å². The first-order valence-corrected chi connectivity index (χ1v) is 4.84. The number of aromatic nitrogens is 2. The van der Waals surface area contributed by atoms with Crippen LogP contribution in [0.25, 0.3) is 0 Å². The van der Waals surface area contributed by atoms with E-state index >= 15 is 0 Å². The Morgan fingerprint density at radius 1 is 1.79 bits per heavy atom. The Hall–Kier alpha value is -1.13. The van der Waals surface area contributed by atoms with Crippen LogP contribution >= 0.6 is 0 Å². The summed E-state index contributed by atoms with van der Waals surface area (Å²) in [4.78, 5) is 0. The molecule has 1 unspecified atom stereocenters. The van der Waals surface area contributed by atoms with Crippen molar-refractivity contribution < 1.29 is 0 Å². The van der Waals surface area contributed by atoms with Gasteiger partial charge in [0.1, 0.15) is 0 Å². The first kappa shape index (κ1) is 10.9. The smallest absolute Gasteiger partial charge is 0.0663 e. The van der Waals surface area contributed by atoms with E-state index in [-0.39, 0.29) is 6.04 Å². The van der Waals surface area contributed by atoms with Crippen LogP contribution < -0.4 is 11.3 Å². The van der Waals surface area contributed by atoms with E-state index in [2.05, 4.69) is 30.1 Å². The number of rotatable bonds is 5. The van der Waals surface area contributed by atoms with E-state index < -0.39 is 0 Å². The summed E-state index contributed by atoms with van der Waals surface area (Å²) in [6.07, 6.45) is 2.66. The average Bonchev–Trinajstić information content (AvgIpc) is 2.55. The Labute approximate surface area is 84.8 Å². The Kier molecular flexibility index (Phi) is 3.85. The number of aryl methyl sites for hydroxylation is 2. The number of nitrogens with zero attached hydrogens (tertiary/aromatic N) is 2. The number of hydrogen-bond acceptors (Lipinski definition) is 3. The zero-order chi connectivity index (χ0) is 10.6. The molecule has 0 aliphatic rings. The maximum atomic E-state index is 5.48. The van der Waals surface area contributed by atoms with E-state index in [1.807, 2.05) is 17.7 Å². The minimum atomic E-state index is 0.105. The first-order chi connectivity index (χ1) is 6.72. The van der Waals surface area contributed by atoms with Crippen molar-refractivity contribution >= 4 is 0 Å². The second kappa shape index (κ2) is 4.93. The van der Waals surface area contributed by atoms with Gasteiger partial charge >= 0.3 is 0 Å². The molecule has 0 radical (unpaired) electrons. The van der Waals surface area contributed by atoms with E-state index in [0.29, 0.717) is 0 Å². The van der Waals surface area contributed by atoms with Gasteiger partial charge in [0.15, 0.2) is 0 Å². The van der Waals surface area contributed by atoms with Crippen molar-refractivity contribution in [2.24, 2.45) is 5.84 Å². The molecule has 0 aliphatic carbocycles. The van der Waals surface area contributed by atoms with E-state index in [4.69, 9.17) is 5.84 Å². The molecule has 1 aromatic heterocycles. The summed E-state index contributed by atoms with van der Waals surface area (Å²) in [7, 11) is 0. The van der Waals surface area contributed by atoms with Crippen molar-refractivity contribution in [2.75, 3.05) is 0 Å². The lowest BCUT2D eigenvalue weighted by atomic mass is 10.1. The SMILES string of the molecule is C=CCC(NN)c1cc(C)nn1CC. The Morgan fingerprint density at radius 3 is 3.00 bits per heavy atom. The van der Waals surface area contributed by atoms with Crippen LogP contribution in [0.5, 0.6) is 0 Å². The molecule has 1 aromatic rings. The Morgan fingerprint density at radius 2 is 2.50 bits per heavy atom. The summed E-state index contributed by atoms with van der Waals surface area (Å²) >= 11 is 0. The van der Waals surface area contributed by atoms with Crippen LogP contribution in [0, 0.1) is 6.92 Å². The highest BCUT2D eigenvalue weighted by molar-refractivity contribution is 5.14. The van der Waals surface area contributed by atoms with Gasteiger partial charge in [-0.1, -0.05) is 6.08 Å². The van der Waals surface area contributed by atoms with E-state index in [0.717, 1.165) is 24.4 Å². The first-order valence-electron chi connectivity index (χ1n) is 4.84. The number of nitrogens with two attached hydrogens (primary N) is 1. The Balaban J connectivity index is 2.95. The molecule has 0 amide bonds. The van der Waals surface area contributed by atoms with Gasteiger partial charge in [-0.2, -0.15) is 5.10 Å². The number of hydrogen-bond donors (Lipinski definition) is 2. The molecule has 4 heteroatoms. The summed E-state index contributed by atoms with van der Waals surface area (Å²) in [5, 5.41) is 4.37. The van der Waals surface area contributed by atoms with Crippen molar-refractivity contribution in [3.05, 3.63) is 30.1 Å². The molecule has 1 heterocycles. The fraction of sp³-hybridized carbons (Fsp3) is 0.500. The summed E-state index contributed by atoms with van der Waals surface area (Å²) in [6, 6.07) is 2.16. The molecule has 0 saturated heterocycles. The molecule has 78 valence electrons. The highest BCUT2D eigenvalue weighted by Crippen LogP contribution is 2.17. The van der Waals surface area contributed by atoms with Crippen LogP contribution in [0.1, 0.15) is 30.8 Å². The lowest BCUT2D eigenvalue weighted by Crippen LogP contribution is -2.29. The minimum absolute atomic E-state index is 0.105. The number of nitrogens with one attached hydrogen (secondary N) is 1. The van der Waals surface area contributed by atoms with Crippen molar-refractivity contribution in [3.8, 4) is 0 Å². The summed E-state index contributed by atoms with van der Waals surface area (Å²) < 4.78 is 1.96. The lowest BCUT2D eigenvalue weighted by molar-refractivity contribution is 0.496. The molecule has 0 aliphatic heterocycles. The lowest BCUT2D eigenvalue weighted by Gasteiger charge is -2.14. The van der Waals surface area contributed by atoms with Crippen LogP contribution in [-0.2, 0) is 6.54 Å². The van der Waals surface area contributed by atoms with Gasteiger partial charge in [0.2, 0.25) is 0 Å². The normalized spacial score (nSPS) is 12.8. The van der Waals surface area contributed by atoms with Crippen molar-refractivity contribution in [3.63, 3.8) is 0 Å². The van der Waals surface area contributed by atoms with Gasteiger partial charge in [0.05, 0.1) is 17.4 Å². The second-order valence-electron chi connectivity index (χ2n) is 3.27. The zero-order valence-electron chi connectivity index (χ0n) is 8.83. The maximum absolute atomic E-state index is 5.48. The van der Waals surface area contributed by atoms with E-state index in [1.54, 1.807) is 0 Å². The average molecular weight is 194 g/mol. The van der Waals surface area contributed by atoms with E-state index in [9.17, 15) is 0 Å². The third-order valence-corrected chi connectivity index (χ3v) is 2.19. The van der Waals surface area contributed by atoms with Crippen LogP contribution in [0.4, 0.5) is 0 Å². The van der Waals surface area contributed by atoms with Gasteiger partial charge in [0, 0.05) is 6.54 Å². The largest absolute Gasteiger partial charge is 0.271 e. The molecule has 0 spiro atoms. The number of hydrazine groups is 1. The van der Waals surface area contributed by atoms with Crippen LogP contribution in [0.2, 0.25) is 0 Å². The fourth-order valence-electron chi connectivity index (χ4n) is 1.54. The predicted molar refractivity (Wildman–Crippen MR) is 57.5 cm³/mol. The van der Waals surface area contributed by atoms with Gasteiger partial charge in [-0.05, 0) is 26.3 Å². The van der Waals surface area contributed by atoms with Crippen molar-refractivity contribution in [1.29, 1.82) is 0 Å². The van der Waals surface area contributed by atoms with Crippen LogP contribution in [0.3, 0.4) is 0 Å². The summed E-state index contributed by atoms with van der Waals surface area (Å²) in [6.45, 7) is 8.62. The standard InChI is InChI=1S/C10H18N4/c1-4-6-9(12-11)10-7-8(3)13-14(10)5-2/h4,7,9,12H,1,5-6,11H2,2-3H3. The zero-order valence-corrected chi connectivity index (χ0v) is 8.83. The molecule has 1 rings (SSSR count). The molecule has 0 aromatic carbocycles. The third kappa shape index (κ3) is 2.21. The maximum Gasteiger partial charge on any atom is 0.0663 e. The van der Waals surface area contributed by atoms with Gasteiger partial charge in [-0.15, -0.1) is 6.58 Å². The highest BCUT2D eigenvalue weighted by atomic mass is 15.3. The van der Waals surface area contributed by atoms with Gasteiger partial charge in [0.25, 0.3) is 0 Å². The van der Waals surface area contributed by atoms with Gasteiger partial charge < -0.3 is 0 Å². The van der Waals surface area contributed by atoms with Crippen LogP contribution in [-0.4, -0.2) is 9.78 Å². The highest BCUT2D eigenvalue weighted by Gasteiger charge is 2.13. The summed E-state index contributed by atoms with van der Waals surface area (Å²) in [5.74, 6) is 5.48.